The van der Waals surface area contributed by atoms with E-state index < -0.39 is 29.4 Å². The molecule has 1 aromatic carbocycles. The van der Waals surface area contributed by atoms with Crippen LogP contribution >= 0.6 is 0 Å². The number of para-hydroxylation sites is 1. The Balaban J connectivity index is 3.03. The van der Waals surface area contributed by atoms with Crippen molar-refractivity contribution in [2.75, 3.05) is 11.9 Å². The van der Waals surface area contributed by atoms with E-state index in [0.717, 1.165) is 12.1 Å². The summed E-state index contributed by atoms with van der Waals surface area (Å²) >= 11 is 0. The molecule has 0 aliphatic carbocycles. The van der Waals surface area contributed by atoms with Crippen molar-refractivity contribution in [2.24, 2.45) is 0 Å². The molecule has 1 amide bonds. The van der Waals surface area contributed by atoms with E-state index in [4.69, 9.17) is 0 Å². The fraction of sp³-hybridized carbons (Fsp3) is 0.417. The number of halogens is 5. The van der Waals surface area contributed by atoms with Gasteiger partial charge in [0.25, 0.3) is 0 Å². The number of rotatable bonds is 4. The van der Waals surface area contributed by atoms with Crippen molar-refractivity contribution in [2.45, 2.75) is 25.4 Å². The lowest BCUT2D eigenvalue weighted by Gasteiger charge is -2.22. The summed E-state index contributed by atoms with van der Waals surface area (Å²) in [5.74, 6) is -5.07. The lowest BCUT2D eigenvalue weighted by Crippen LogP contribution is -2.34. The molecule has 0 aliphatic rings. The Morgan fingerprint density at radius 2 is 1.80 bits per heavy atom. The second-order valence-electron chi connectivity index (χ2n) is 3.88. The Bertz CT molecular complexity index is 473. The topological polar surface area (TPSA) is 38.3 Å². The standard InChI is InChI=1S/C12H12F5NO2/c1-2-7-20-10(19)18-9-6-4-3-5-8(9)11(13,14)12(15,16)17/h3-6H,2,7H2,1H3,(H,18,19). The summed E-state index contributed by atoms with van der Waals surface area (Å²) < 4.78 is 68.2. The first kappa shape index (κ1) is 16.2. The largest absolute Gasteiger partial charge is 0.458 e. The predicted octanol–water partition coefficient (Wildman–Crippen LogP) is 4.30. The first-order valence-electron chi connectivity index (χ1n) is 5.68. The molecule has 1 aromatic rings. The van der Waals surface area contributed by atoms with Crippen molar-refractivity contribution in [3.63, 3.8) is 0 Å². The summed E-state index contributed by atoms with van der Waals surface area (Å²) in [6.45, 7) is 1.74. The molecule has 3 nitrogen and oxygen atoms in total. The fourth-order valence-corrected chi connectivity index (χ4v) is 1.36. The molecule has 0 unspecified atom stereocenters. The molecule has 20 heavy (non-hydrogen) atoms. The van der Waals surface area contributed by atoms with Crippen LogP contribution in [0.3, 0.4) is 0 Å². The molecule has 0 heterocycles. The molecule has 1 N–H and O–H groups in total. The number of anilines is 1. The van der Waals surface area contributed by atoms with Gasteiger partial charge in [-0.05, 0) is 12.5 Å². The molecule has 0 aromatic heterocycles. The van der Waals surface area contributed by atoms with Gasteiger partial charge in [0.2, 0.25) is 0 Å². The molecule has 1 rings (SSSR count). The van der Waals surface area contributed by atoms with E-state index in [1.807, 2.05) is 5.32 Å². The highest BCUT2D eigenvalue weighted by atomic mass is 19.4. The lowest BCUT2D eigenvalue weighted by molar-refractivity contribution is -0.289. The van der Waals surface area contributed by atoms with Crippen LogP contribution in [0.25, 0.3) is 0 Å². The smallest absolute Gasteiger partial charge is 0.449 e. The molecule has 0 spiro atoms. The Kier molecular flexibility index (Phi) is 4.91. The minimum absolute atomic E-state index is 0.0314. The number of alkyl halides is 5. The molecule has 0 saturated heterocycles. The van der Waals surface area contributed by atoms with E-state index in [0.29, 0.717) is 12.5 Å². The quantitative estimate of drug-likeness (QED) is 0.841. The van der Waals surface area contributed by atoms with Gasteiger partial charge in [-0.3, -0.25) is 5.32 Å². The molecule has 0 aliphatic heterocycles. The third kappa shape index (κ3) is 3.58. The summed E-state index contributed by atoms with van der Waals surface area (Å²) in [6.07, 6.45) is -6.34. The van der Waals surface area contributed by atoms with Crippen LogP contribution in [-0.2, 0) is 10.7 Å². The van der Waals surface area contributed by atoms with Crippen molar-refractivity contribution in [1.82, 2.24) is 0 Å². The average molecular weight is 297 g/mol. The van der Waals surface area contributed by atoms with Gasteiger partial charge in [0.15, 0.2) is 0 Å². The van der Waals surface area contributed by atoms with Crippen LogP contribution < -0.4 is 5.32 Å². The van der Waals surface area contributed by atoms with E-state index in [9.17, 15) is 26.7 Å². The van der Waals surface area contributed by atoms with E-state index in [1.165, 1.54) is 6.07 Å². The minimum Gasteiger partial charge on any atom is -0.449 e. The number of amides is 1. The van der Waals surface area contributed by atoms with Gasteiger partial charge in [0, 0.05) is 0 Å². The van der Waals surface area contributed by atoms with Gasteiger partial charge >= 0.3 is 18.2 Å². The van der Waals surface area contributed by atoms with E-state index in [-0.39, 0.29) is 6.61 Å². The van der Waals surface area contributed by atoms with E-state index in [2.05, 4.69) is 4.74 Å². The van der Waals surface area contributed by atoms with Crippen LogP contribution in [0.15, 0.2) is 24.3 Å². The van der Waals surface area contributed by atoms with Crippen molar-refractivity contribution in [1.29, 1.82) is 0 Å². The minimum atomic E-state index is -5.75. The van der Waals surface area contributed by atoms with Crippen molar-refractivity contribution in [3.8, 4) is 0 Å². The summed E-state index contributed by atoms with van der Waals surface area (Å²) in [7, 11) is 0. The number of benzene rings is 1. The van der Waals surface area contributed by atoms with Crippen LogP contribution in [0.2, 0.25) is 0 Å². The highest BCUT2D eigenvalue weighted by Crippen LogP contribution is 2.46. The van der Waals surface area contributed by atoms with Crippen LogP contribution in [-0.4, -0.2) is 18.9 Å². The summed E-state index contributed by atoms with van der Waals surface area (Å²) in [4.78, 5) is 11.2. The Hall–Kier alpha value is -1.86. The lowest BCUT2D eigenvalue weighted by atomic mass is 10.1. The Labute approximate surface area is 111 Å². The molecule has 0 fully saturated rings. The number of hydrogen-bond donors (Lipinski definition) is 1. The van der Waals surface area contributed by atoms with E-state index >= 15 is 0 Å². The molecule has 0 radical (unpaired) electrons. The van der Waals surface area contributed by atoms with Crippen LogP contribution in [0.4, 0.5) is 32.4 Å². The first-order chi connectivity index (χ1) is 9.20. The third-order valence-electron chi connectivity index (χ3n) is 2.30. The normalized spacial score (nSPS) is 12.1. The van der Waals surface area contributed by atoms with Gasteiger partial charge in [0.1, 0.15) is 0 Å². The zero-order chi connectivity index (χ0) is 15.4. The second kappa shape index (κ2) is 6.06. The monoisotopic (exact) mass is 297 g/mol. The molecule has 8 heteroatoms. The molecule has 0 bridgehead atoms. The van der Waals surface area contributed by atoms with Gasteiger partial charge in [0.05, 0.1) is 17.9 Å². The van der Waals surface area contributed by atoms with Crippen molar-refractivity contribution < 1.29 is 31.5 Å². The maximum absolute atomic E-state index is 13.3. The number of carbonyl (C=O) groups is 1. The van der Waals surface area contributed by atoms with E-state index in [1.54, 1.807) is 6.92 Å². The van der Waals surface area contributed by atoms with Gasteiger partial charge in [-0.2, -0.15) is 22.0 Å². The maximum Gasteiger partial charge on any atom is 0.458 e. The highest BCUT2D eigenvalue weighted by molar-refractivity contribution is 5.85. The maximum atomic E-state index is 13.3. The average Bonchev–Trinajstić information content (AvgIpc) is 2.35. The fourth-order valence-electron chi connectivity index (χ4n) is 1.36. The van der Waals surface area contributed by atoms with Gasteiger partial charge in [-0.1, -0.05) is 25.1 Å². The third-order valence-corrected chi connectivity index (χ3v) is 2.30. The number of hydrogen-bond acceptors (Lipinski definition) is 2. The zero-order valence-corrected chi connectivity index (χ0v) is 10.4. The zero-order valence-electron chi connectivity index (χ0n) is 10.4. The highest BCUT2D eigenvalue weighted by Gasteiger charge is 2.59. The van der Waals surface area contributed by atoms with Crippen LogP contribution in [0.5, 0.6) is 0 Å². The second-order valence-corrected chi connectivity index (χ2v) is 3.88. The summed E-state index contributed by atoms with van der Waals surface area (Å²) in [6, 6.07) is 3.80. The van der Waals surface area contributed by atoms with Gasteiger partial charge < -0.3 is 4.74 Å². The molecule has 112 valence electrons. The van der Waals surface area contributed by atoms with Crippen molar-refractivity contribution >= 4 is 11.8 Å². The Morgan fingerprint density at radius 1 is 1.20 bits per heavy atom. The molecular formula is C12H12F5NO2. The number of nitrogens with one attached hydrogen (secondary N) is 1. The number of ether oxygens (including phenoxy) is 1. The number of carbonyl (C=O) groups excluding carboxylic acids is 1. The van der Waals surface area contributed by atoms with Crippen LogP contribution in [0.1, 0.15) is 18.9 Å². The van der Waals surface area contributed by atoms with Crippen LogP contribution in [0, 0.1) is 0 Å². The van der Waals surface area contributed by atoms with Crippen molar-refractivity contribution in [3.05, 3.63) is 29.8 Å². The predicted molar refractivity (Wildman–Crippen MR) is 61.7 cm³/mol. The Morgan fingerprint density at radius 3 is 2.35 bits per heavy atom. The SMILES string of the molecule is CCCOC(=O)Nc1ccccc1C(F)(F)C(F)(F)F. The van der Waals surface area contributed by atoms with Gasteiger partial charge in [-0.25, -0.2) is 4.79 Å². The first-order valence-corrected chi connectivity index (χ1v) is 5.68. The molecule has 0 atom stereocenters. The molecule has 0 saturated carbocycles. The summed E-state index contributed by atoms with van der Waals surface area (Å²) in [5.41, 5.74) is -1.98. The molecular weight excluding hydrogens is 285 g/mol. The summed E-state index contributed by atoms with van der Waals surface area (Å²) in [5, 5.41) is 1.88. The van der Waals surface area contributed by atoms with Gasteiger partial charge in [-0.15, -0.1) is 0 Å².